The quantitative estimate of drug-likeness (QED) is 0.696. The maximum atomic E-state index is 10.3. The third-order valence-corrected chi connectivity index (χ3v) is 1.93. The zero-order valence-electron chi connectivity index (χ0n) is 7.50. The van der Waals surface area contributed by atoms with Crippen LogP contribution in [0, 0.1) is 0 Å². The van der Waals surface area contributed by atoms with E-state index < -0.39 is 0 Å². The first-order chi connectivity index (χ1) is 5.77. The van der Waals surface area contributed by atoms with Crippen LogP contribution in [0.1, 0.15) is 48.9 Å². The van der Waals surface area contributed by atoms with E-state index in [-0.39, 0.29) is 0 Å². The third-order valence-electron chi connectivity index (χ3n) is 1.93. The molecule has 1 atom stereocenters. The van der Waals surface area contributed by atoms with Gasteiger partial charge in [0.25, 0.3) is 0 Å². The van der Waals surface area contributed by atoms with Crippen LogP contribution in [0.15, 0.2) is 6.20 Å². The Labute approximate surface area is 72.2 Å². The van der Waals surface area contributed by atoms with E-state index in [1.807, 2.05) is 0 Å². The highest BCUT2D eigenvalue weighted by atomic mass is 16.1. The Morgan fingerprint density at radius 2 is 2.50 bits per heavy atom. The van der Waals surface area contributed by atoms with E-state index in [1.165, 1.54) is 0 Å². The van der Waals surface area contributed by atoms with Crippen LogP contribution >= 0.6 is 0 Å². The predicted octanol–water partition coefficient (Wildman–Crippen LogP) is 2.13. The summed E-state index contributed by atoms with van der Waals surface area (Å²) in [6.45, 7) is 4.25. The highest BCUT2D eigenvalue weighted by Crippen LogP contribution is 2.16. The summed E-state index contributed by atoms with van der Waals surface area (Å²) in [5.74, 6) is 1.34. The van der Waals surface area contributed by atoms with Gasteiger partial charge in [-0.15, -0.1) is 0 Å². The second-order valence-corrected chi connectivity index (χ2v) is 3.02. The molecule has 3 heteroatoms. The summed E-state index contributed by atoms with van der Waals surface area (Å²) in [5.41, 5.74) is 0.493. The minimum absolute atomic E-state index is 0.420. The molecule has 1 unspecified atom stereocenters. The lowest BCUT2D eigenvalue weighted by molar-refractivity contribution is 0.111. The summed E-state index contributed by atoms with van der Waals surface area (Å²) in [5, 5.41) is 0. The van der Waals surface area contributed by atoms with Crippen molar-refractivity contribution < 1.29 is 4.79 Å². The number of rotatable bonds is 4. The van der Waals surface area contributed by atoms with Crippen LogP contribution in [-0.4, -0.2) is 16.3 Å². The van der Waals surface area contributed by atoms with E-state index in [2.05, 4.69) is 23.8 Å². The molecule has 0 saturated heterocycles. The van der Waals surface area contributed by atoms with Gasteiger partial charge in [0.05, 0.1) is 0 Å². The van der Waals surface area contributed by atoms with Gasteiger partial charge in [0.15, 0.2) is 6.29 Å². The van der Waals surface area contributed by atoms with Crippen molar-refractivity contribution in [2.75, 3.05) is 0 Å². The summed E-state index contributed by atoms with van der Waals surface area (Å²) < 4.78 is 0. The van der Waals surface area contributed by atoms with Crippen LogP contribution in [0.4, 0.5) is 0 Å². The lowest BCUT2D eigenvalue weighted by atomic mass is 10.1. The molecular formula is C9H14N2O. The first-order valence-electron chi connectivity index (χ1n) is 4.28. The van der Waals surface area contributed by atoms with Crippen molar-refractivity contribution in [1.82, 2.24) is 9.97 Å². The van der Waals surface area contributed by atoms with Gasteiger partial charge in [0.2, 0.25) is 0 Å². The Bertz CT molecular complexity index is 255. The van der Waals surface area contributed by atoms with Crippen molar-refractivity contribution in [2.24, 2.45) is 0 Å². The summed E-state index contributed by atoms with van der Waals surface area (Å²) in [6.07, 6.45) is 4.65. The molecule has 0 aliphatic heterocycles. The van der Waals surface area contributed by atoms with Gasteiger partial charge in [-0.05, 0) is 6.42 Å². The largest absolute Gasteiger partial charge is 0.348 e. The Balaban J connectivity index is 2.67. The van der Waals surface area contributed by atoms with Gasteiger partial charge < -0.3 is 4.98 Å². The van der Waals surface area contributed by atoms with Crippen molar-refractivity contribution in [2.45, 2.75) is 32.6 Å². The van der Waals surface area contributed by atoms with Crippen LogP contribution in [0.25, 0.3) is 0 Å². The molecule has 0 bridgehead atoms. The molecule has 0 fully saturated rings. The molecule has 3 nitrogen and oxygen atoms in total. The van der Waals surface area contributed by atoms with Gasteiger partial charge in [-0.1, -0.05) is 20.3 Å². The number of nitrogens with zero attached hydrogens (tertiary/aromatic N) is 1. The average molecular weight is 166 g/mol. The van der Waals surface area contributed by atoms with Gasteiger partial charge in [-0.2, -0.15) is 0 Å². The maximum absolute atomic E-state index is 10.3. The highest BCUT2D eigenvalue weighted by Gasteiger charge is 2.07. The molecule has 66 valence electrons. The number of carbonyl (C=O) groups is 1. The summed E-state index contributed by atoms with van der Waals surface area (Å²) >= 11 is 0. The van der Waals surface area contributed by atoms with Crippen LogP contribution in [-0.2, 0) is 0 Å². The van der Waals surface area contributed by atoms with E-state index in [0.29, 0.717) is 11.6 Å². The van der Waals surface area contributed by atoms with Crippen molar-refractivity contribution in [3.05, 3.63) is 17.7 Å². The molecule has 0 aliphatic rings. The second kappa shape index (κ2) is 4.04. The number of aromatic nitrogens is 2. The van der Waals surface area contributed by atoms with Crippen molar-refractivity contribution in [3.8, 4) is 0 Å². The smallest absolute Gasteiger partial charge is 0.170 e. The zero-order valence-corrected chi connectivity index (χ0v) is 7.50. The fourth-order valence-corrected chi connectivity index (χ4v) is 1.23. The number of carbonyl (C=O) groups excluding carboxylic acids is 1. The molecule has 0 aliphatic carbocycles. The SMILES string of the molecule is CCCC(C)c1nc(C=O)c[nH]1. The Morgan fingerprint density at radius 1 is 1.75 bits per heavy atom. The van der Waals surface area contributed by atoms with Gasteiger partial charge in [-0.25, -0.2) is 4.98 Å². The monoisotopic (exact) mass is 166 g/mol. The molecule has 1 heterocycles. The molecule has 0 aromatic carbocycles. The summed E-state index contributed by atoms with van der Waals surface area (Å²) in [7, 11) is 0. The minimum Gasteiger partial charge on any atom is -0.348 e. The van der Waals surface area contributed by atoms with Gasteiger partial charge in [0, 0.05) is 12.1 Å². The number of aromatic amines is 1. The number of aldehydes is 1. The highest BCUT2D eigenvalue weighted by molar-refractivity contribution is 5.71. The number of hydrogen-bond acceptors (Lipinski definition) is 2. The predicted molar refractivity (Wildman–Crippen MR) is 47.3 cm³/mol. The molecule has 12 heavy (non-hydrogen) atoms. The van der Waals surface area contributed by atoms with Gasteiger partial charge in [0.1, 0.15) is 11.5 Å². The molecule has 1 rings (SSSR count). The number of nitrogens with one attached hydrogen (secondary N) is 1. The molecule has 1 N–H and O–H groups in total. The van der Waals surface area contributed by atoms with Crippen molar-refractivity contribution in [3.63, 3.8) is 0 Å². The van der Waals surface area contributed by atoms with E-state index in [9.17, 15) is 4.79 Å². The van der Waals surface area contributed by atoms with Gasteiger partial charge >= 0.3 is 0 Å². The fourth-order valence-electron chi connectivity index (χ4n) is 1.23. The lowest BCUT2D eigenvalue weighted by Gasteiger charge is -2.04. The number of hydrogen-bond donors (Lipinski definition) is 1. The first kappa shape index (κ1) is 8.97. The molecule has 1 aromatic rings. The molecule has 0 amide bonds. The lowest BCUT2D eigenvalue weighted by Crippen LogP contribution is -1.95. The van der Waals surface area contributed by atoms with E-state index in [4.69, 9.17) is 0 Å². The number of H-pyrrole nitrogens is 1. The van der Waals surface area contributed by atoms with E-state index >= 15 is 0 Å². The third kappa shape index (κ3) is 1.94. The van der Waals surface area contributed by atoms with Crippen LogP contribution < -0.4 is 0 Å². The zero-order chi connectivity index (χ0) is 8.97. The maximum Gasteiger partial charge on any atom is 0.170 e. The second-order valence-electron chi connectivity index (χ2n) is 3.02. The molecule has 1 aromatic heterocycles. The Kier molecular flexibility index (Phi) is 3.02. The van der Waals surface area contributed by atoms with Crippen LogP contribution in [0.3, 0.4) is 0 Å². The molecule has 0 radical (unpaired) electrons. The van der Waals surface area contributed by atoms with Crippen molar-refractivity contribution in [1.29, 1.82) is 0 Å². The van der Waals surface area contributed by atoms with E-state index in [0.717, 1.165) is 25.0 Å². The van der Waals surface area contributed by atoms with Crippen LogP contribution in [0.5, 0.6) is 0 Å². The first-order valence-corrected chi connectivity index (χ1v) is 4.28. The Hall–Kier alpha value is -1.12. The summed E-state index contributed by atoms with van der Waals surface area (Å²) in [4.78, 5) is 17.4. The number of imidazole rings is 1. The summed E-state index contributed by atoms with van der Waals surface area (Å²) in [6, 6.07) is 0. The fraction of sp³-hybridized carbons (Fsp3) is 0.556. The van der Waals surface area contributed by atoms with Crippen LogP contribution in [0.2, 0.25) is 0 Å². The standard InChI is InChI=1S/C9H14N2O/c1-3-4-7(2)9-10-5-8(6-12)11-9/h5-7H,3-4H2,1-2H3,(H,10,11). The van der Waals surface area contributed by atoms with Gasteiger partial charge in [-0.3, -0.25) is 4.79 Å². The molecular weight excluding hydrogens is 152 g/mol. The molecule has 0 spiro atoms. The van der Waals surface area contributed by atoms with Crippen molar-refractivity contribution >= 4 is 6.29 Å². The minimum atomic E-state index is 0.420. The normalized spacial score (nSPS) is 12.8. The Morgan fingerprint density at radius 3 is 3.00 bits per heavy atom. The average Bonchev–Trinajstić information content (AvgIpc) is 2.52. The topological polar surface area (TPSA) is 45.8 Å². The van der Waals surface area contributed by atoms with E-state index in [1.54, 1.807) is 6.20 Å². The molecule has 0 saturated carbocycles.